The third-order valence-corrected chi connectivity index (χ3v) is 4.24. The second-order valence-electron chi connectivity index (χ2n) is 5.61. The van der Waals surface area contributed by atoms with Crippen LogP contribution in [0.25, 0.3) is 0 Å². The molecule has 2 rings (SSSR count). The zero-order valence-corrected chi connectivity index (χ0v) is 12.2. The van der Waals surface area contributed by atoms with Crippen LogP contribution in [0.5, 0.6) is 0 Å². The van der Waals surface area contributed by atoms with Gasteiger partial charge in [-0.2, -0.15) is 0 Å². The lowest BCUT2D eigenvalue weighted by Gasteiger charge is -2.26. The topological polar surface area (TPSA) is 60.0 Å². The summed E-state index contributed by atoms with van der Waals surface area (Å²) >= 11 is 0. The molecule has 1 aliphatic rings. The molecule has 0 saturated heterocycles. The Bertz CT molecular complexity index is 456. The normalized spacial score (nSPS) is 23.4. The van der Waals surface area contributed by atoms with Gasteiger partial charge in [0.2, 0.25) is 0 Å². The molecule has 1 aromatic heterocycles. The fraction of sp³-hybridized carbons (Fsp3) is 0.667. The van der Waals surface area contributed by atoms with Gasteiger partial charge in [0, 0.05) is 30.0 Å². The number of nitrogens with one attached hydrogen (secondary N) is 1. The van der Waals surface area contributed by atoms with Gasteiger partial charge in [-0.15, -0.1) is 0 Å². The molecular formula is C15H25N3O. The third-order valence-electron chi connectivity index (χ3n) is 4.24. The van der Waals surface area contributed by atoms with Crippen molar-refractivity contribution in [2.24, 2.45) is 5.73 Å². The smallest absolute Gasteiger partial charge is 0.253 e. The van der Waals surface area contributed by atoms with Crippen LogP contribution in [0.2, 0.25) is 0 Å². The van der Waals surface area contributed by atoms with Crippen LogP contribution in [0.15, 0.2) is 6.07 Å². The number of nitrogens with zero attached hydrogens (tertiary/aromatic N) is 1. The number of hydrogen-bond acceptors (Lipinski definition) is 2. The van der Waals surface area contributed by atoms with Crippen LogP contribution in [0.4, 0.5) is 0 Å². The summed E-state index contributed by atoms with van der Waals surface area (Å²) in [5, 5.41) is 3.15. The van der Waals surface area contributed by atoms with E-state index < -0.39 is 0 Å². The molecule has 1 heterocycles. The summed E-state index contributed by atoms with van der Waals surface area (Å²) in [6.45, 7) is 7.07. The lowest BCUT2D eigenvalue weighted by molar-refractivity contribution is 0.0925. The average molecular weight is 263 g/mol. The van der Waals surface area contributed by atoms with Gasteiger partial charge in [0.05, 0.1) is 5.56 Å². The van der Waals surface area contributed by atoms with Crippen molar-refractivity contribution in [2.75, 3.05) is 0 Å². The molecule has 19 heavy (non-hydrogen) atoms. The van der Waals surface area contributed by atoms with Crippen LogP contribution in [-0.4, -0.2) is 22.6 Å². The maximum atomic E-state index is 12.3. The first kappa shape index (κ1) is 14.1. The zero-order valence-electron chi connectivity index (χ0n) is 12.2. The molecule has 1 aromatic rings. The van der Waals surface area contributed by atoms with Crippen LogP contribution in [-0.2, 0) is 6.54 Å². The predicted octanol–water partition coefficient (Wildman–Crippen LogP) is 2.12. The molecule has 0 aromatic carbocycles. The number of rotatable bonds is 3. The Labute approximate surface area is 115 Å². The minimum atomic E-state index is 0.0632. The molecule has 0 spiro atoms. The van der Waals surface area contributed by atoms with Crippen LogP contribution >= 0.6 is 0 Å². The van der Waals surface area contributed by atoms with E-state index in [9.17, 15) is 4.79 Å². The minimum absolute atomic E-state index is 0.0632. The van der Waals surface area contributed by atoms with Crippen molar-refractivity contribution in [2.45, 2.75) is 65.1 Å². The number of aryl methyl sites for hydroxylation is 1. The van der Waals surface area contributed by atoms with Crippen LogP contribution in [0.1, 0.15) is 54.4 Å². The summed E-state index contributed by atoms with van der Waals surface area (Å²) in [7, 11) is 0. The van der Waals surface area contributed by atoms with E-state index in [1.54, 1.807) is 0 Å². The van der Waals surface area contributed by atoms with Crippen LogP contribution in [0, 0.1) is 13.8 Å². The largest absolute Gasteiger partial charge is 0.349 e. The SMILES string of the molecule is CCn1c(C)cc(C(=O)NC2CCC(N)CC2)c1C. The van der Waals surface area contributed by atoms with Crippen molar-refractivity contribution < 1.29 is 4.79 Å². The summed E-state index contributed by atoms with van der Waals surface area (Å²) in [5.74, 6) is 0.0632. The number of nitrogens with two attached hydrogens (primary N) is 1. The van der Waals surface area contributed by atoms with Gasteiger partial charge in [-0.05, 0) is 52.5 Å². The molecule has 106 valence electrons. The van der Waals surface area contributed by atoms with E-state index >= 15 is 0 Å². The number of amides is 1. The van der Waals surface area contributed by atoms with E-state index in [0.29, 0.717) is 6.04 Å². The number of carbonyl (C=O) groups excluding carboxylic acids is 1. The molecule has 0 aliphatic heterocycles. The molecule has 1 fully saturated rings. The molecule has 0 radical (unpaired) electrons. The van der Waals surface area contributed by atoms with Gasteiger partial charge in [0.15, 0.2) is 0 Å². The fourth-order valence-electron chi connectivity index (χ4n) is 3.04. The van der Waals surface area contributed by atoms with E-state index in [1.807, 2.05) is 19.9 Å². The summed E-state index contributed by atoms with van der Waals surface area (Å²) < 4.78 is 2.17. The summed E-state index contributed by atoms with van der Waals surface area (Å²) in [5.41, 5.74) is 8.91. The molecular weight excluding hydrogens is 238 g/mol. The Balaban J connectivity index is 2.04. The van der Waals surface area contributed by atoms with E-state index in [-0.39, 0.29) is 11.9 Å². The Morgan fingerprint density at radius 3 is 2.53 bits per heavy atom. The first-order chi connectivity index (χ1) is 9.02. The number of hydrogen-bond donors (Lipinski definition) is 2. The third kappa shape index (κ3) is 3.00. The average Bonchev–Trinajstić information content (AvgIpc) is 2.67. The van der Waals surface area contributed by atoms with Gasteiger partial charge in [-0.25, -0.2) is 0 Å². The molecule has 4 nitrogen and oxygen atoms in total. The van der Waals surface area contributed by atoms with Gasteiger partial charge in [-0.1, -0.05) is 0 Å². The highest BCUT2D eigenvalue weighted by atomic mass is 16.1. The van der Waals surface area contributed by atoms with Gasteiger partial charge >= 0.3 is 0 Å². The highest BCUT2D eigenvalue weighted by Gasteiger charge is 2.22. The summed E-state index contributed by atoms with van der Waals surface area (Å²) in [4.78, 5) is 12.3. The van der Waals surface area contributed by atoms with Crippen molar-refractivity contribution in [3.8, 4) is 0 Å². The van der Waals surface area contributed by atoms with Crippen LogP contribution in [0.3, 0.4) is 0 Å². The molecule has 1 saturated carbocycles. The summed E-state index contributed by atoms with van der Waals surface area (Å²) in [6, 6.07) is 2.60. The number of carbonyl (C=O) groups is 1. The molecule has 0 unspecified atom stereocenters. The van der Waals surface area contributed by atoms with Crippen molar-refractivity contribution in [1.29, 1.82) is 0 Å². The van der Waals surface area contributed by atoms with Crippen molar-refractivity contribution in [3.05, 3.63) is 23.0 Å². The molecule has 3 N–H and O–H groups in total. The molecule has 1 aliphatic carbocycles. The second kappa shape index (κ2) is 5.78. The van der Waals surface area contributed by atoms with Crippen LogP contribution < -0.4 is 11.1 Å². The van der Waals surface area contributed by atoms with Gasteiger partial charge in [0.1, 0.15) is 0 Å². The maximum Gasteiger partial charge on any atom is 0.253 e. The molecule has 4 heteroatoms. The van der Waals surface area contributed by atoms with E-state index in [4.69, 9.17) is 5.73 Å². The first-order valence-corrected chi connectivity index (χ1v) is 7.26. The predicted molar refractivity (Wildman–Crippen MR) is 77.3 cm³/mol. The minimum Gasteiger partial charge on any atom is -0.349 e. The van der Waals surface area contributed by atoms with E-state index in [2.05, 4.69) is 16.8 Å². The maximum absolute atomic E-state index is 12.3. The standard InChI is InChI=1S/C15H25N3O/c1-4-18-10(2)9-14(11(18)3)15(19)17-13-7-5-12(16)6-8-13/h9,12-13H,4-8,16H2,1-3H3,(H,17,19). The highest BCUT2D eigenvalue weighted by Crippen LogP contribution is 2.19. The number of aromatic nitrogens is 1. The Morgan fingerprint density at radius 1 is 1.37 bits per heavy atom. The van der Waals surface area contributed by atoms with Crippen molar-refractivity contribution in [1.82, 2.24) is 9.88 Å². The molecule has 0 bridgehead atoms. The Hall–Kier alpha value is -1.29. The molecule has 1 amide bonds. The van der Waals surface area contributed by atoms with E-state index in [1.165, 1.54) is 0 Å². The lowest BCUT2D eigenvalue weighted by atomic mass is 9.91. The quantitative estimate of drug-likeness (QED) is 0.877. The molecule has 0 atom stereocenters. The highest BCUT2D eigenvalue weighted by molar-refractivity contribution is 5.95. The van der Waals surface area contributed by atoms with Gasteiger partial charge < -0.3 is 15.6 Å². The van der Waals surface area contributed by atoms with Crippen molar-refractivity contribution in [3.63, 3.8) is 0 Å². The van der Waals surface area contributed by atoms with Gasteiger partial charge in [-0.3, -0.25) is 4.79 Å². The Morgan fingerprint density at radius 2 is 2.00 bits per heavy atom. The lowest BCUT2D eigenvalue weighted by Crippen LogP contribution is -2.40. The second-order valence-corrected chi connectivity index (χ2v) is 5.61. The van der Waals surface area contributed by atoms with Crippen molar-refractivity contribution >= 4 is 5.91 Å². The Kier molecular flexibility index (Phi) is 4.30. The monoisotopic (exact) mass is 263 g/mol. The van der Waals surface area contributed by atoms with E-state index in [0.717, 1.165) is 49.2 Å². The zero-order chi connectivity index (χ0) is 14.0. The summed E-state index contributed by atoms with van der Waals surface area (Å²) in [6.07, 6.45) is 4.02. The first-order valence-electron chi connectivity index (χ1n) is 7.26. The fourth-order valence-corrected chi connectivity index (χ4v) is 3.04. The van der Waals surface area contributed by atoms with Gasteiger partial charge in [0.25, 0.3) is 5.91 Å².